The third-order valence-electron chi connectivity index (χ3n) is 3.12. The van der Waals surface area contributed by atoms with Gasteiger partial charge in [0.15, 0.2) is 17.5 Å². The Labute approximate surface area is 132 Å². The number of aliphatic hydroxyl groups excluding tert-OH is 1. The lowest BCUT2D eigenvalue weighted by molar-refractivity contribution is -0.143. The zero-order chi connectivity index (χ0) is 17.4. The molecule has 1 aromatic carbocycles. The molecule has 0 saturated heterocycles. The predicted octanol–water partition coefficient (Wildman–Crippen LogP) is 2.05. The van der Waals surface area contributed by atoms with Crippen molar-refractivity contribution in [1.82, 2.24) is 4.90 Å². The molecule has 0 aliphatic heterocycles. The summed E-state index contributed by atoms with van der Waals surface area (Å²) < 4.78 is 39.0. The van der Waals surface area contributed by atoms with Gasteiger partial charge in [0, 0.05) is 30.9 Å². The van der Waals surface area contributed by atoms with Crippen LogP contribution in [0.2, 0.25) is 0 Å². The molecule has 2 N–H and O–H groups in total. The van der Waals surface area contributed by atoms with E-state index < -0.39 is 29.3 Å². The Morgan fingerprint density at radius 1 is 1.13 bits per heavy atom. The third-order valence-corrected chi connectivity index (χ3v) is 3.12. The summed E-state index contributed by atoms with van der Waals surface area (Å²) in [5.41, 5.74) is -0.364. The zero-order valence-corrected chi connectivity index (χ0v) is 12.7. The van der Waals surface area contributed by atoms with Crippen LogP contribution in [-0.2, 0) is 9.59 Å². The van der Waals surface area contributed by atoms with Gasteiger partial charge in [0.1, 0.15) is 0 Å². The van der Waals surface area contributed by atoms with Crippen molar-refractivity contribution in [2.24, 2.45) is 0 Å². The highest BCUT2D eigenvalue weighted by atomic mass is 19.2. The lowest BCUT2D eigenvalue weighted by Crippen LogP contribution is -2.41. The largest absolute Gasteiger partial charge is 0.395 e. The van der Waals surface area contributed by atoms with E-state index in [4.69, 9.17) is 5.11 Å². The van der Waals surface area contributed by atoms with Crippen LogP contribution in [0.4, 0.5) is 18.9 Å². The predicted molar refractivity (Wildman–Crippen MR) is 78.1 cm³/mol. The number of benzene rings is 1. The Kier molecular flexibility index (Phi) is 7.53. The van der Waals surface area contributed by atoms with E-state index in [0.29, 0.717) is 18.6 Å². The molecule has 0 radical (unpaired) electrons. The van der Waals surface area contributed by atoms with Crippen LogP contribution in [0, 0.1) is 17.5 Å². The van der Waals surface area contributed by atoms with E-state index in [1.165, 1.54) is 0 Å². The first-order valence-electron chi connectivity index (χ1n) is 7.26. The molecule has 2 amide bonds. The van der Waals surface area contributed by atoms with Crippen molar-refractivity contribution in [3.8, 4) is 0 Å². The van der Waals surface area contributed by atoms with Crippen LogP contribution < -0.4 is 5.32 Å². The van der Waals surface area contributed by atoms with Crippen LogP contribution in [0.3, 0.4) is 0 Å². The van der Waals surface area contributed by atoms with Gasteiger partial charge in [-0.25, -0.2) is 13.2 Å². The minimum Gasteiger partial charge on any atom is -0.395 e. The standard InChI is InChI=1S/C15H19F3N2O3/c1-2-3-4-5-20(6-7-21)15(23)14(22)19-10-8-11(16)13(18)12(17)9-10/h8-9,21H,2-7H2,1H3,(H,19,22). The van der Waals surface area contributed by atoms with Crippen molar-refractivity contribution in [2.45, 2.75) is 26.2 Å². The summed E-state index contributed by atoms with van der Waals surface area (Å²) in [6.07, 6.45) is 2.43. The number of carbonyl (C=O) groups excluding carboxylic acids is 2. The number of halogens is 3. The number of carbonyl (C=O) groups is 2. The van der Waals surface area contributed by atoms with E-state index >= 15 is 0 Å². The lowest BCUT2D eigenvalue weighted by atomic mass is 10.2. The number of amides is 2. The lowest BCUT2D eigenvalue weighted by Gasteiger charge is -2.21. The molecular formula is C15H19F3N2O3. The smallest absolute Gasteiger partial charge is 0.313 e. The van der Waals surface area contributed by atoms with E-state index in [9.17, 15) is 22.8 Å². The Morgan fingerprint density at radius 2 is 1.74 bits per heavy atom. The highest BCUT2D eigenvalue weighted by Gasteiger charge is 2.22. The average molecular weight is 332 g/mol. The topological polar surface area (TPSA) is 69.6 Å². The first-order chi connectivity index (χ1) is 10.9. The monoisotopic (exact) mass is 332 g/mol. The van der Waals surface area contributed by atoms with Crippen molar-refractivity contribution in [2.75, 3.05) is 25.0 Å². The Hall–Kier alpha value is -2.09. The van der Waals surface area contributed by atoms with Gasteiger partial charge in [-0.05, 0) is 6.42 Å². The molecule has 0 aromatic heterocycles. The maximum atomic E-state index is 13.1. The van der Waals surface area contributed by atoms with Gasteiger partial charge in [-0.2, -0.15) is 0 Å². The number of hydrogen-bond donors (Lipinski definition) is 2. The Balaban J connectivity index is 2.75. The molecule has 0 fully saturated rings. The Bertz CT molecular complexity index is 544. The summed E-state index contributed by atoms with van der Waals surface area (Å²) in [6.45, 7) is 1.92. The molecule has 0 unspecified atom stereocenters. The minimum atomic E-state index is -1.66. The number of anilines is 1. The van der Waals surface area contributed by atoms with Crippen LogP contribution in [0.25, 0.3) is 0 Å². The molecule has 8 heteroatoms. The van der Waals surface area contributed by atoms with Crippen molar-refractivity contribution in [3.05, 3.63) is 29.6 Å². The van der Waals surface area contributed by atoms with Crippen LogP contribution in [0.5, 0.6) is 0 Å². The van der Waals surface area contributed by atoms with E-state index in [1.807, 2.05) is 12.2 Å². The van der Waals surface area contributed by atoms with Gasteiger partial charge >= 0.3 is 11.8 Å². The van der Waals surface area contributed by atoms with Gasteiger partial charge in [0.2, 0.25) is 0 Å². The molecule has 1 rings (SSSR count). The van der Waals surface area contributed by atoms with Gasteiger partial charge in [-0.1, -0.05) is 19.8 Å². The fourth-order valence-corrected chi connectivity index (χ4v) is 1.94. The van der Waals surface area contributed by atoms with Crippen LogP contribution in [-0.4, -0.2) is 41.5 Å². The number of hydrogen-bond acceptors (Lipinski definition) is 3. The SMILES string of the molecule is CCCCCN(CCO)C(=O)C(=O)Nc1cc(F)c(F)c(F)c1. The first kappa shape index (κ1) is 19.0. The van der Waals surface area contributed by atoms with Crippen molar-refractivity contribution < 1.29 is 27.9 Å². The van der Waals surface area contributed by atoms with Gasteiger partial charge < -0.3 is 15.3 Å². The maximum absolute atomic E-state index is 13.1. The first-order valence-corrected chi connectivity index (χ1v) is 7.26. The number of unbranched alkanes of at least 4 members (excludes halogenated alkanes) is 2. The second kappa shape index (κ2) is 9.14. The van der Waals surface area contributed by atoms with Crippen LogP contribution in [0.1, 0.15) is 26.2 Å². The van der Waals surface area contributed by atoms with Crippen molar-refractivity contribution in [1.29, 1.82) is 0 Å². The molecule has 0 aliphatic rings. The van der Waals surface area contributed by atoms with E-state index in [2.05, 4.69) is 0 Å². The number of nitrogens with zero attached hydrogens (tertiary/aromatic N) is 1. The molecule has 0 aliphatic carbocycles. The summed E-state index contributed by atoms with van der Waals surface area (Å²) in [5, 5.41) is 11.0. The normalized spacial score (nSPS) is 10.5. The molecule has 23 heavy (non-hydrogen) atoms. The van der Waals surface area contributed by atoms with E-state index in [-0.39, 0.29) is 25.4 Å². The molecule has 128 valence electrons. The molecule has 5 nitrogen and oxygen atoms in total. The molecular weight excluding hydrogens is 313 g/mol. The summed E-state index contributed by atoms with van der Waals surface area (Å²) in [7, 11) is 0. The highest BCUT2D eigenvalue weighted by Crippen LogP contribution is 2.17. The molecule has 0 bridgehead atoms. The fourth-order valence-electron chi connectivity index (χ4n) is 1.94. The molecule has 0 saturated carbocycles. The molecule has 0 atom stereocenters. The maximum Gasteiger partial charge on any atom is 0.313 e. The van der Waals surface area contributed by atoms with E-state index in [0.717, 1.165) is 17.7 Å². The summed E-state index contributed by atoms with van der Waals surface area (Å²) in [4.78, 5) is 25.0. The summed E-state index contributed by atoms with van der Waals surface area (Å²) >= 11 is 0. The average Bonchev–Trinajstić information content (AvgIpc) is 2.51. The van der Waals surface area contributed by atoms with Gasteiger partial charge in [0.25, 0.3) is 0 Å². The van der Waals surface area contributed by atoms with Gasteiger partial charge in [-0.3, -0.25) is 9.59 Å². The quantitative estimate of drug-likeness (QED) is 0.456. The van der Waals surface area contributed by atoms with Gasteiger partial charge in [-0.15, -0.1) is 0 Å². The fraction of sp³-hybridized carbons (Fsp3) is 0.467. The van der Waals surface area contributed by atoms with Crippen molar-refractivity contribution >= 4 is 17.5 Å². The third kappa shape index (κ3) is 5.55. The molecule has 0 heterocycles. The number of rotatable bonds is 7. The number of nitrogens with one attached hydrogen (secondary N) is 1. The molecule has 1 aromatic rings. The Morgan fingerprint density at radius 3 is 2.26 bits per heavy atom. The summed E-state index contributed by atoms with van der Waals surface area (Å²) in [5.74, 6) is -6.64. The highest BCUT2D eigenvalue weighted by molar-refractivity contribution is 6.39. The molecule has 0 spiro atoms. The minimum absolute atomic E-state index is 0.0257. The summed E-state index contributed by atoms with van der Waals surface area (Å²) in [6, 6.07) is 1.16. The number of aliphatic hydroxyl groups is 1. The zero-order valence-electron chi connectivity index (χ0n) is 12.7. The van der Waals surface area contributed by atoms with Crippen LogP contribution in [0.15, 0.2) is 12.1 Å². The second-order valence-corrected chi connectivity index (χ2v) is 4.93. The second-order valence-electron chi connectivity index (χ2n) is 4.93. The van der Waals surface area contributed by atoms with Crippen molar-refractivity contribution in [3.63, 3.8) is 0 Å². The van der Waals surface area contributed by atoms with Crippen LogP contribution >= 0.6 is 0 Å². The van der Waals surface area contributed by atoms with E-state index in [1.54, 1.807) is 0 Å². The van der Waals surface area contributed by atoms with Gasteiger partial charge in [0.05, 0.1) is 6.61 Å².